The van der Waals surface area contributed by atoms with Crippen LogP contribution in [0.25, 0.3) is 5.57 Å². The Kier molecular flexibility index (Phi) is 5.42. The van der Waals surface area contributed by atoms with Crippen molar-refractivity contribution in [1.29, 1.82) is 0 Å². The molecule has 0 radical (unpaired) electrons. The molecular formula is C22H25ClFN5O. The van der Waals surface area contributed by atoms with Gasteiger partial charge in [0.05, 0.1) is 18.6 Å². The molecule has 2 aromatic rings. The summed E-state index contributed by atoms with van der Waals surface area (Å²) in [5.74, 6) is 1.38. The molecule has 2 aliphatic rings. The third-order valence-electron chi connectivity index (χ3n) is 5.61. The molecule has 1 aliphatic carbocycles. The minimum absolute atomic E-state index is 0.0396. The highest BCUT2D eigenvalue weighted by Crippen LogP contribution is 2.37. The van der Waals surface area contributed by atoms with Gasteiger partial charge in [-0.3, -0.25) is 4.79 Å². The summed E-state index contributed by atoms with van der Waals surface area (Å²) in [7, 11) is 0. The van der Waals surface area contributed by atoms with Crippen LogP contribution >= 0.6 is 11.6 Å². The maximum absolute atomic E-state index is 13.6. The number of fused-ring (bicyclic) bond motifs is 1. The fraction of sp³-hybridized carbons (Fsp3) is 0.364. The predicted molar refractivity (Wildman–Crippen MR) is 117 cm³/mol. The zero-order valence-corrected chi connectivity index (χ0v) is 17.8. The van der Waals surface area contributed by atoms with E-state index in [2.05, 4.69) is 9.88 Å². The topological polar surface area (TPSA) is 76.2 Å². The van der Waals surface area contributed by atoms with E-state index in [1.54, 1.807) is 11.0 Å². The predicted octanol–water partition coefficient (Wildman–Crippen LogP) is 4.39. The number of nitrogens with zero attached hydrogens (tertiary/aromatic N) is 3. The number of imidazole rings is 1. The van der Waals surface area contributed by atoms with Crippen LogP contribution in [0, 0.1) is 0 Å². The molecule has 0 bridgehead atoms. The molecular weight excluding hydrogens is 405 g/mol. The average Bonchev–Trinajstić information content (AvgIpc) is 3.05. The lowest BCUT2D eigenvalue weighted by molar-refractivity contribution is -0.137. The Hall–Kier alpha value is -2.64. The van der Waals surface area contributed by atoms with E-state index >= 15 is 0 Å². The number of hydrogen-bond donors (Lipinski definition) is 2. The van der Waals surface area contributed by atoms with Gasteiger partial charge in [0.2, 0.25) is 5.91 Å². The fourth-order valence-electron chi connectivity index (χ4n) is 3.98. The van der Waals surface area contributed by atoms with Crippen LogP contribution in [0.2, 0.25) is 5.02 Å². The average molecular weight is 430 g/mol. The van der Waals surface area contributed by atoms with Gasteiger partial charge >= 0.3 is 0 Å². The van der Waals surface area contributed by atoms with Gasteiger partial charge in [-0.1, -0.05) is 17.7 Å². The molecule has 0 atom stereocenters. The first-order chi connectivity index (χ1) is 14.3. The molecule has 0 unspecified atom stereocenters. The van der Waals surface area contributed by atoms with Gasteiger partial charge in [0.1, 0.15) is 23.2 Å². The molecule has 3 N–H and O–H groups in total. The molecule has 1 amide bonds. The van der Waals surface area contributed by atoms with Crippen molar-refractivity contribution in [3.63, 3.8) is 0 Å². The zero-order chi connectivity index (χ0) is 21.5. The lowest BCUT2D eigenvalue weighted by Gasteiger charge is -2.42. The number of halogens is 2. The molecule has 0 saturated carbocycles. The molecule has 8 heteroatoms. The highest BCUT2D eigenvalue weighted by atomic mass is 35.5. The SMILES string of the molecule is CC1(C)Cn2c(nc(C3=CC=C(F)CC3)c2Nc2ccc(Cl)cc2)CN1C(=O)CN. The monoisotopic (exact) mass is 429 g/mol. The van der Waals surface area contributed by atoms with Gasteiger partial charge < -0.3 is 20.5 Å². The number of carbonyl (C=O) groups is 1. The Morgan fingerprint density at radius 3 is 2.63 bits per heavy atom. The van der Waals surface area contributed by atoms with Crippen molar-refractivity contribution in [2.45, 2.75) is 45.3 Å². The Bertz CT molecular complexity index is 1040. The number of amides is 1. The first kappa shape index (κ1) is 20.6. The van der Waals surface area contributed by atoms with E-state index in [1.807, 2.05) is 38.1 Å². The number of nitrogens with one attached hydrogen (secondary N) is 1. The molecule has 0 fully saturated rings. The van der Waals surface area contributed by atoms with Crippen molar-refractivity contribution in [3.8, 4) is 0 Å². The van der Waals surface area contributed by atoms with E-state index in [9.17, 15) is 9.18 Å². The van der Waals surface area contributed by atoms with Crippen LogP contribution in [0.4, 0.5) is 15.9 Å². The van der Waals surface area contributed by atoms with Crippen LogP contribution < -0.4 is 11.1 Å². The third-order valence-corrected chi connectivity index (χ3v) is 5.86. The Balaban J connectivity index is 1.80. The number of allylic oxidation sites excluding steroid dienone is 4. The summed E-state index contributed by atoms with van der Waals surface area (Å²) in [5, 5.41) is 4.13. The molecule has 1 aromatic heterocycles. The molecule has 30 heavy (non-hydrogen) atoms. The van der Waals surface area contributed by atoms with Gasteiger partial charge in [0, 0.05) is 23.7 Å². The molecule has 2 heterocycles. The van der Waals surface area contributed by atoms with E-state index in [-0.39, 0.29) is 18.3 Å². The molecule has 1 aliphatic heterocycles. The maximum atomic E-state index is 13.6. The summed E-state index contributed by atoms with van der Waals surface area (Å²) >= 11 is 6.03. The summed E-state index contributed by atoms with van der Waals surface area (Å²) in [6.07, 6.45) is 4.21. The summed E-state index contributed by atoms with van der Waals surface area (Å²) < 4.78 is 15.7. The number of rotatable bonds is 4. The Morgan fingerprint density at radius 2 is 2.00 bits per heavy atom. The number of anilines is 2. The third kappa shape index (κ3) is 3.87. The highest BCUT2D eigenvalue weighted by Gasteiger charge is 2.38. The Labute approximate surface area is 180 Å². The second-order valence-corrected chi connectivity index (χ2v) is 8.68. The number of nitrogens with two attached hydrogens (primary N) is 1. The molecule has 0 spiro atoms. The van der Waals surface area contributed by atoms with Gasteiger partial charge in [-0.25, -0.2) is 9.37 Å². The van der Waals surface area contributed by atoms with E-state index in [1.165, 1.54) is 6.08 Å². The smallest absolute Gasteiger partial charge is 0.237 e. The summed E-state index contributed by atoms with van der Waals surface area (Å²) in [4.78, 5) is 19.1. The minimum atomic E-state index is -0.426. The summed E-state index contributed by atoms with van der Waals surface area (Å²) in [5.41, 5.74) is 7.82. The zero-order valence-electron chi connectivity index (χ0n) is 17.1. The summed E-state index contributed by atoms with van der Waals surface area (Å²) in [6.45, 7) is 4.94. The second kappa shape index (κ2) is 7.89. The van der Waals surface area contributed by atoms with Crippen molar-refractivity contribution >= 4 is 34.6 Å². The van der Waals surface area contributed by atoms with E-state index in [0.29, 0.717) is 31.0 Å². The number of benzene rings is 1. The van der Waals surface area contributed by atoms with E-state index in [0.717, 1.165) is 28.6 Å². The van der Waals surface area contributed by atoms with Gasteiger partial charge in [-0.05, 0) is 56.2 Å². The van der Waals surface area contributed by atoms with Crippen LogP contribution in [-0.2, 0) is 17.9 Å². The highest BCUT2D eigenvalue weighted by molar-refractivity contribution is 6.30. The van der Waals surface area contributed by atoms with E-state index in [4.69, 9.17) is 22.3 Å². The van der Waals surface area contributed by atoms with Crippen LogP contribution in [-0.4, -0.2) is 32.4 Å². The quantitative estimate of drug-likeness (QED) is 0.755. The van der Waals surface area contributed by atoms with Crippen molar-refractivity contribution in [2.75, 3.05) is 11.9 Å². The van der Waals surface area contributed by atoms with Crippen LogP contribution in [0.5, 0.6) is 0 Å². The van der Waals surface area contributed by atoms with Gasteiger partial charge in [-0.15, -0.1) is 0 Å². The van der Waals surface area contributed by atoms with Gasteiger partial charge in [0.15, 0.2) is 0 Å². The van der Waals surface area contributed by atoms with Crippen molar-refractivity contribution < 1.29 is 9.18 Å². The van der Waals surface area contributed by atoms with Crippen LogP contribution in [0.3, 0.4) is 0 Å². The van der Waals surface area contributed by atoms with Gasteiger partial charge in [0.25, 0.3) is 0 Å². The van der Waals surface area contributed by atoms with E-state index < -0.39 is 5.54 Å². The van der Waals surface area contributed by atoms with Crippen molar-refractivity contribution in [2.24, 2.45) is 5.73 Å². The molecule has 0 saturated heterocycles. The number of aromatic nitrogens is 2. The van der Waals surface area contributed by atoms with Crippen molar-refractivity contribution in [1.82, 2.24) is 14.5 Å². The number of hydrogen-bond acceptors (Lipinski definition) is 4. The molecule has 6 nitrogen and oxygen atoms in total. The number of carbonyl (C=O) groups excluding carboxylic acids is 1. The molecule has 1 aromatic carbocycles. The van der Waals surface area contributed by atoms with Crippen LogP contribution in [0.1, 0.15) is 38.2 Å². The molecule has 158 valence electrons. The Morgan fingerprint density at radius 1 is 1.27 bits per heavy atom. The van der Waals surface area contributed by atoms with Crippen LogP contribution in [0.15, 0.2) is 42.2 Å². The lowest BCUT2D eigenvalue weighted by atomic mass is 9.99. The first-order valence-corrected chi connectivity index (χ1v) is 10.3. The summed E-state index contributed by atoms with van der Waals surface area (Å²) in [6, 6.07) is 7.44. The second-order valence-electron chi connectivity index (χ2n) is 8.25. The molecule has 4 rings (SSSR count). The largest absolute Gasteiger partial charge is 0.340 e. The van der Waals surface area contributed by atoms with Crippen molar-refractivity contribution in [3.05, 3.63) is 58.8 Å². The first-order valence-electron chi connectivity index (χ1n) is 9.96. The standard InChI is InChI=1S/C22H25ClFN5O/c1-22(2)13-28-18(12-29(22)19(30)11-25)27-20(14-3-7-16(24)8-4-14)21(28)26-17-9-5-15(23)6-10-17/h3,5-7,9-10,26H,4,8,11-13,25H2,1-2H3. The minimum Gasteiger partial charge on any atom is -0.340 e. The maximum Gasteiger partial charge on any atom is 0.237 e. The van der Waals surface area contributed by atoms with Gasteiger partial charge in [-0.2, -0.15) is 0 Å². The normalized spacial score (nSPS) is 17.8. The lowest BCUT2D eigenvalue weighted by Crippen LogP contribution is -2.55. The fourth-order valence-corrected chi connectivity index (χ4v) is 4.11.